The molecule has 1 amide bonds. The molecule has 0 unspecified atom stereocenters. The summed E-state index contributed by atoms with van der Waals surface area (Å²) in [6, 6.07) is 13.1. The summed E-state index contributed by atoms with van der Waals surface area (Å²) in [4.78, 5) is 24.5. The molecular formula is C29H25N5O6S2. The number of benzene rings is 2. The average molecular weight is 604 g/mol. The number of fused-ring (bicyclic) bond motifs is 2. The minimum atomic E-state index is 0.0136. The number of carbonyl (C=O) groups excluding carboxylic acids is 1. The first-order valence-electron chi connectivity index (χ1n) is 13.0. The standard InChI is InChI=1S/C29H25N5O6S2/c1-36-19-8-23(21-10-25(40-24(21)9-19)22-13-34-28(31-22)42-29(32-34)38-3)39-14-18-15-41-26(30-18)16-4-6-17(7-5-16)27(35)33-11-20(12-33)37-2/h4-10,13,15,20H,11-12,14H2,1-3H3. The van der Waals surface area contributed by atoms with Gasteiger partial charge in [-0.3, -0.25) is 4.79 Å². The molecule has 1 fully saturated rings. The van der Waals surface area contributed by atoms with Crippen molar-refractivity contribution in [2.75, 3.05) is 34.4 Å². The first-order chi connectivity index (χ1) is 20.5. The van der Waals surface area contributed by atoms with Gasteiger partial charge in [0.2, 0.25) is 4.96 Å². The number of imidazole rings is 1. The number of aromatic nitrogens is 4. The van der Waals surface area contributed by atoms with Gasteiger partial charge in [0.1, 0.15) is 34.4 Å². The third kappa shape index (κ3) is 4.85. The minimum Gasteiger partial charge on any atom is -0.496 e. The van der Waals surface area contributed by atoms with E-state index >= 15 is 0 Å². The number of likely N-dealkylation sites (tertiary alicyclic amines) is 1. The molecular weight excluding hydrogens is 578 g/mol. The fraction of sp³-hybridized carbons (Fsp3) is 0.241. The lowest BCUT2D eigenvalue weighted by molar-refractivity contribution is -0.0191. The molecule has 0 spiro atoms. The van der Waals surface area contributed by atoms with Crippen molar-refractivity contribution in [1.82, 2.24) is 24.5 Å². The summed E-state index contributed by atoms with van der Waals surface area (Å²) in [5.41, 5.74) is 3.65. The van der Waals surface area contributed by atoms with Crippen LogP contribution in [0.25, 0.3) is 38.0 Å². The zero-order valence-corrected chi connectivity index (χ0v) is 24.5. The molecule has 214 valence electrons. The average Bonchev–Trinajstić information content (AvgIpc) is 3.78. The van der Waals surface area contributed by atoms with Crippen molar-refractivity contribution < 1.29 is 28.2 Å². The number of furan rings is 1. The van der Waals surface area contributed by atoms with E-state index < -0.39 is 0 Å². The minimum absolute atomic E-state index is 0.0136. The lowest BCUT2D eigenvalue weighted by Gasteiger charge is -2.38. The number of rotatable bonds is 9. The second-order valence-electron chi connectivity index (χ2n) is 9.65. The van der Waals surface area contributed by atoms with E-state index in [1.54, 1.807) is 36.9 Å². The van der Waals surface area contributed by atoms with Gasteiger partial charge >= 0.3 is 0 Å². The van der Waals surface area contributed by atoms with Crippen molar-refractivity contribution in [2.45, 2.75) is 12.7 Å². The molecule has 1 aliphatic rings. The second-order valence-corrected chi connectivity index (χ2v) is 11.4. The molecule has 5 heterocycles. The number of methoxy groups -OCH3 is 3. The van der Waals surface area contributed by atoms with Gasteiger partial charge < -0.3 is 28.3 Å². The second kappa shape index (κ2) is 10.7. The lowest BCUT2D eigenvalue weighted by atomic mass is 10.1. The number of thiazole rings is 1. The Morgan fingerprint density at radius 1 is 1.07 bits per heavy atom. The zero-order chi connectivity index (χ0) is 28.8. The Hall–Kier alpha value is -4.46. The van der Waals surface area contributed by atoms with Crippen LogP contribution in [0.1, 0.15) is 16.1 Å². The highest BCUT2D eigenvalue weighted by atomic mass is 32.1. The van der Waals surface area contributed by atoms with E-state index in [-0.39, 0.29) is 18.6 Å². The van der Waals surface area contributed by atoms with Gasteiger partial charge in [0.15, 0.2) is 5.76 Å². The number of nitrogens with zero attached hydrogens (tertiary/aromatic N) is 5. The summed E-state index contributed by atoms with van der Waals surface area (Å²) < 4.78 is 30.0. The fourth-order valence-electron chi connectivity index (χ4n) is 4.68. The van der Waals surface area contributed by atoms with Crippen LogP contribution in [0.15, 0.2) is 58.5 Å². The summed E-state index contributed by atoms with van der Waals surface area (Å²) in [5.74, 6) is 1.82. The predicted octanol–water partition coefficient (Wildman–Crippen LogP) is 5.39. The van der Waals surface area contributed by atoms with Crippen LogP contribution in [-0.2, 0) is 11.3 Å². The molecule has 1 aliphatic heterocycles. The van der Waals surface area contributed by atoms with Crippen molar-refractivity contribution in [3.63, 3.8) is 0 Å². The number of ether oxygens (including phenoxy) is 4. The van der Waals surface area contributed by atoms with Crippen LogP contribution in [0.3, 0.4) is 0 Å². The van der Waals surface area contributed by atoms with Crippen LogP contribution < -0.4 is 14.2 Å². The van der Waals surface area contributed by atoms with E-state index in [1.807, 2.05) is 47.8 Å². The number of hydrogen-bond donors (Lipinski definition) is 0. The van der Waals surface area contributed by atoms with Gasteiger partial charge in [-0.25, -0.2) is 14.5 Å². The van der Waals surface area contributed by atoms with E-state index in [0.717, 1.165) is 21.7 Å². The Labute approximate surface area is 247 Å². The summed E-state index contributed by atoms with van der Waals surface area (Å²) in [7, 11) is 4.84. The van der Waals surface area contributed by atoms with Crippen molar-refractivity contribution in [2.24, 2.45) is 0 Å². The summed E-state index contributed by atoms with van der Waals surface area (Å²) in [6.45, 7) is 1.51. The lowest BCUT2D eigenvalue weighted by Crippen LogP contribution is -2.54. The smallest absolute Gasteiger partial charge is 0.294 e. The molecule has 0 N–H and O–H groups in total. The van der Waals surface area contributed by atoms with Gasteiger partial charge in [0.05, 0.1) is 37.6 Å². The zero-order valence-electron chi connectivity index (χ0n) is 22.9. The molecule has 42 heavy (non-hydrogen) atoms. The quantitative estimate of drug-likeness (QED) is 0.214. The monoisotopic (exact) mass is 603 g/mol. The third-order valence-corrected chi connectivity index (χ3v) is 8.86. The Kier molecular flexibility index (Phi) is 6.76. The van der Waals surface area contributed by atoms with Crippen LogP contribution in [-0.4, -0.2) is 70.9 Å². The van der Waals surface area contributed by atoms with Crippen LogP contribution >= 0.6 is 22.7 Å². The normalized spacial score (nSPS) is 13.5. The van der Waals surface area contributed by atoms with Crippen molar-refractivity contribution in [3.8, 4) is 38.7 Å². The maximum atomic E-state index is 12.6. The van der Waals surface area contributed by atoms with Crippen LogP contribution in [0, 0.1) is 0 Å². The SMILES string of the molecule is COc1cc(OCc2csc(-c3ccc(C(=O)N4CC(OC)C4)cc3)n2)c2cc(-c3cn4nc(OC)sc4n3)oc2c1. The molecule has 7 rings (SSSR count). The highest BCUT2D eigenvalue weighted by Gasteiger charge is 2.31. The highest BCUT2D eigenvalue weighted by molar-refractivity contribution is 7.18. The molecule has 2 aromatic carbocycles. The molecule has 0 aliphatic carbocycles. The molecule has 0 radical (unpaired) electrons. The van der Waals surface area contributed by atoms with Crippen LogP contribution in [0.2, 0.25) is 0 Å². The molecule has 0 atom stereocenters. The van der Waals surface area contributed by atoms with E-state index in [4.69, 9.17) is 28.3 Å². The van der Waals surface area contributed by atoms with Gasteiger partial charge in [0, 0.05) is 48.8 Å². The first kappa shape index (κ1) is 26.4. The maximum Gasteiger partial charge on any atom is 0.294 e. The van der Waals surface area contributed by atoms with Gasteiger partial charge in [-0.1, -0.05) is 12.1 Å². The van der Waals surface area contributed by atoms with Gasteiger partial charge in [-0.2, -0.15) is 0 Å². The van der Waals surface area contributed by atoms with E-state index in [9.17, 15) is 4.79 Å². The largest absolute Gasteiger partial charge is 0.496 e. The maximum absolute atomic E-state index is 12.6. The van der Waals surface area contributed by atoms with Gasteiger partial charge in [-0.15, -0.1) is 16.4 Å². The number of amides is 1. The molecule has 4 aromatic heterocycles. The van der Waals surface area contributed by atoms with Crippen LogP contribution in [0.4, 0.5) is 0 Å². The van der Waals surface area contributed by atoms with Crippen molar-refractivity contribution in [3.05, 3.63) is 65.3 Å². The van der Waals surface area contributed by atoms with Gasteiger partial charge in [-0.05, 0) is 29.5 Å². The van der Waals surface area contributed by atoms with Crippen LogP contribution in [0.5, 0.6) is 16.7 Å². The predicted molar refractivity (Wildman–Crippen MR) is 158 cm³/mol. The molecule has 11 nitrogen and oxygen atoms in total. The van der Waals surface area contributed by atoms with Crippen molar-refractivity contribution in [1.29, 1.82) is 0 Å². The summed E-state index contributed by atoms with van der Waals surface area (Å²) in [5, 5.41) is 8.48. The Morgan fingerprint density at radius 2 is 1.90 bits per heavy atom. The van der Waals surface area contributed by atoms with Gasteiger partial charge in [0.25, 0.3) is 11.1 Å². The highest BCUT2D eigenvalue weighted by Crippen LogP contribution is 2.38. The molecule has 0 bridgehead atoms. The Morgan fingerprint density at radius 3 is 2.64 bits per heavy atom. The van der Waals surface area contributed by atoms with E-state index in [1.165, 1.54) is 22.7 Å². The molecule has 0 saturated carbocycles. The molecule has 13 heteroatoms. The van der Waals surface area contributed by atoms with E-state index in [0.29, 0.717) is 57.3 Å². The topological polar surface area (TPSA) is 113 Å². The third-order valence-electron chi connectivity index (χ3n) is 7.04. The summed E-state index contributed by atoms with van der Waals surface area (Å²) >= 11 is 2.87. The summed E-state index contributed by atoms with van der Waals surface area (Å²) in [6.07, 6.45) is 1.93. The molecule has 1 saturated heterocycles. The fourth-order valence-corrected chi connectivity index (χ4v) is 6.19. The first-order valence-corrected chi connectivity index (χ1v) is 14.7. The number of carbonyl (C=O) groups is 1. The van der Waals surface area contributed by atoms with E-state index in [2.05, 4.69) is 10.1 Å². The number of hydrogen-bond acceptors (Lipinski definition) is 11. The molecule has 6 aromatic rings. The van der Waals surface area contributed by atoms with Crippen molar-refractivity contribution >= 4 is 44.5 Å². The Bertz CT molecular complexity index is 1870. The Balaban J connectivity index is 1.07.